The van der Waals surface area contributed by atoms with Gasteiger partial charge in [-0.2, -0.15) is 0 Å². The smallest absolute Gasteiger partial charge is 0.243 e. The van der Waals surface area contributed by atoms with Crippen LogP contribution in [0.15, 0.2) is 23.2 Å². The molecule has 1 heterocycles. The summed E-state index contributed by atoms with van der Waals surface area (Å²) in [6.45, 7) is 0. The van der Waals surface area contributed by atoms with E-state index in [0.717, 1.165) is 12.8 Å². The number of nitrogens with zero attached hydrogens (tertiary/aromatic N) is 1. The summed E-state index contributed by atoms with van der Waals surface area (Å²) in [5, 5.41) is 0.0145. The van der Waals surface area contributed by atoms with E-state index in [-0.39, 0.29) is 16.1 Å². The van der Waals surface area contributed by atoms with Crippen LogP contribution in [0.5, 0.6) is 0 Å². The number of rotatable bonds is 3. The van der Waals surface area contributed by atoms with Gasteiger partial charge in [-0.3, -0.25) is 0 Å². The Kier molecular flexibility index (Phi) is 2.47. The van der Waals surface area contributed by atoms with Crippen molar-refractivity contribution in [1.82, 2.24) is 9.71 Å². The zero-order valence-electron chi connectivity index (χ0n) is 7.27. The second kappa shape index (κ2) is 3.49. The average Bonchev–Trinajstić information content (AvgIpc) is 2.88. The molecule has 4 nitrogen and oxygen atoms in total. The lowest BCUT2D eigenvalue weighted by Gasteiger charge is -2.05. The highest BCUT2D eigenvalue weighted by atomic mass is 35.5. The van der Waals surface area contributed by atoms with Crippen LogP contribution in [0, 0.1) is 0 Å². The Bertz CT molecular complexity index is 442. The molecule has 1 N–H and O–H groups in total. The maximum atomic E-state index is 11.7. The quantitative estimate of drug-likeness (QED) is 0.796. The summed E-state index contributed by atoms with van der Waals surface area (Å²) in [4.78, 5) is 3.77. The molecule has 0 aliphatic heterocycles. The summed E-state index contributed by atoms with van der Waals surface area (Å²) >= 11 is 5.68. The summed E-state index contributed by atoms with van der Waals surface area (Å²) in [6, 6.07) is 3.07. The first-order chi connectivity index (χ1) is 6.59. The predicted octanol–water partition coefficient (Wildman–Crippen LogP) is 1.18. The van der Waals surface area contributed by atoms with Crippen molar-refractivity contribution in [3.8, 4) is 0 Å². The molecule has 1 aliphatic carbocycles. The molecule has 1 saturated carbocycles. The molecule has 76 valence electrons. The molecule has 0 spiro atoms. The molecular weight excluding hydrogens is 224 g/mol. The maximum absolute atomic E-state index is 11.7. The van der Waals surface area contributed by atoms with Gasteiger partial charge >= 0.3 is 0 Å². The fraction of sp³-hybridized carbons (Fsp3) is 0.375. The molecule has 1 fully saturated rings. The fourth-order valence-corrected chi connectivity index (χ4v) is 2.81. The van der Waals surface area contributed by atoms with Gasteiger partial charge in [0.25, 0.3) is 0 Å². The van der Waals surface area contributed by atoms with Gasteiger partial charge in [0, 0.05) is 12.2 Å². The van der Waals surface area contributed by atoms with Crippen LogP contribution in [-0.4, -0.2) is 19.4 Å². The van der Waals surface area contributed by atoms with E-state index in [0.29, 0.717) is 0 Å². The van der Waals surface area contributed by atoms with E-state index in [1.54, 1.807) is 6.07 Å². The van der Waals surface area contributed by atoms with Crippen molar-refractivity contribution in [2.45, 2.75) is 23.8 Å². The molecule has 14 heavy (non-hydrogen) atoms. The number of aromatic nitrogens is 1. The summed E-state index contributed by atoms with van der Waals surface area (Å²) in [6.07, 6.45) is 3.26. The molecular formula is C8H9ClN2O2S. The molecule has 6 heteroatoms. The largest absolute Gasteiger partial charge is 0.243 e. The second-order valence-electron chi connectivity index (χ2n) is 3.19. The van der Waals surface area contributed by atoms with Gasteiger partial charge in [0.1, 0.15) is 10.0 Å². The summed E-state index contributed by atoms with van der Waals surface area (Å²) < 4.78 is 25.9. The van der Waals surface area contributed by atoms with Gasteiger partial charge in [-0.05, 0) is 25.0 Å². The molecule has 0 bridgehead atoms. The third kappa shape index (κ3) is 2.05. The second-order valence-corrected chi connectivity index (χ2v) is 5.23. The SMILES string of the molecule is O=S(=O)(NC1CC1)c1cccnc1Cl. The maximum Gasteiger partial charge on any atom is 0.243 e. The van der Waals surface area contributed by atoms with Crippen LogP contribution in [-0.2, 0) is 10.0 Å². The molecule has 1 aromatic rings. The Balaban J connectivity index is 2.33. The lowest BCUT2D eigenvalue weighted by Crippen LogP contribution is -2.26. The van der Waals surface area contributed by atoms with Gasteiger partial charge in [0.05, 0.1) is 0 Å². The summed E-state index contributed by atoms with van der Waals surface area (Å²) in [7, 11) is -3.47. The van der Waals surface area contributed by atoms with Gasteiger partial charge in [-0.25, -0.2) is 18.1 Å². The van der Waals surface area contributed by atoms with E-state index < -0.39 is 10.0 Å². The fourth-order valence-electron chi connectivity index (χ4n) is 1.06. The summed E-state index contributed by atoms with van der Waals surface area (Å²) in [5.74, 6) is 0. The minimum absolute atomic E-state index is 0.0145. The van der Waals surface area contributed by atoms with Crippen molar-refractivity contribution in [2.75, 3.05) is 0 Å². The van der Waals surface area contributed by atoms with E-state index in [9.17, 15) is 8.42 Å². The van der Waals surface area contributed by atoms with Gasteiger partial charge in [0.2, 0.25) is 10.0 Å². The van der Waals surface area contributed by atoms with Crippen molar-refractivity contribution in [2.24, 2.45) is 0 Å². The number of sulfonamides is 1. The number of halogens is 1. The van der Waals surface area contributed by atoms with E-state index in [2.05, 4.69) is 9.71 Å². The average molecular weight is 233 g/mol. The Morgan fingerprint density at radius 3 is 2.79 bits per heavy atom. The molecule has 2 rings (SSSR count). The van der Waals surface area contributed by atoms with Crippen molar-refractivity contribution >= 4 is 21.6 Å². The molecule has 0 radical (unpaired) electrons. The van der Waals surface area contributed by atoms with Crippen molar-refractivity contribution < 1.29 is 8.42 Å². The minimum atomic E-state index is -3.47. The van der Waals surface area contributed by atoms with Crippen molar-refractivity contribution in [3.05, 3.63) is 23.5 Å². The molecule has 0 saturated heterocycles. The van der Waals surface area contributed by atoms with Crippen molar-refractivity contribution in [1.29, 1.82) is 0 Å². The Labute approximate surface area is 87.4 Å². The lowest BCUT2D eigenvalue weighted by molar-refractivity contribution is 0.580. The van der Waals surface area contributed by atoms with Crippen LogP contribution < -0.4 is 4.72 Å². The molecule has 0 unspecified atom stereocenters. The molecule has 0 atom stereocenters. The monoisotopic (exact) mass is 232 g/mol. The number of hydrogen-bond acceptors (Lipinski definition) is 3. The van der Waals surface area contributed by atoms with E-state index in [1.807, 2.05) is 0 Å². The third-order valence-electron chi connectivity index (χ3n) is 1.91. The van der Waals surface area contributed by atoms with Crippen LogP contribution in [0.4, 0.5) is 0 Å². The van der Waals surface area contributed by atoms with E-state index in [1.165, 1.54) is 12.3 Å². The first-order valence-corrected chi connectivity index (χ1v) is 6.08. The Hall–Kier alpha value is -0.650. The van der Waals surface area contributed by atoms with Gasteiger partial charge in [-0.1, -0.05) is 11.6 Å². The van der Waals surface area contributed by atoms with Gasteiger partial charge in [0.15, 0.2) is 0 Å². The molecule has 0 amide bonds. The van der Waals surface area contributed by atoms with E-state index in [4.69, 9.17) is 11.6 Å². The number of hydrogen-bond donors (Lipinski definition) is 1. The minimum Gasteiger partial charge on any atom is -0.243 e. The zero-order valence-corrected chi connectivity index (χ0v) is 8.85. The highest BCUT2D eigenvalue weighted by Crippen LogP contribution is 2.24. The van der Waals surface area contributed by atoms with E-state index >= 15 is 0 Å². The topological polar surface area (TPSA) is 59.1 Å². The molecule has 0 aromatic carbocycles. The van der Waals surface area contributed by atoms with Crippen LogP contribution in [0.25, 0.3) is 0 Å². The number of nitrogens with one attached hydrogen (secondary N) is 1. The van der Waals surface area contributed by atoms with Gasteiger partial charge < -0.3 is 0 Å². The van der Waals surface area contributed by atoms with Crippen LogP contribution >= 0.6 is 11.6 Å². The van der Waals surface area contributed by atoms with Crippen LogP contribution in [0.1, 0.15) is 12.8 Å². The Morgan fingerprint density at radius 1 is 1.50 bits per heavy atom. The van der Waals surface area contributed by atoms with Gasteiger partial charge in [-0.15, -0.1) is 0 Å². The third-order valence-corrected chi connectivity index (χ3v) is 3.88. The molecule has 1 aromatic heterocycles. The zero-order chi connectivity index (χ0) is 10.2. The molecule has 1 aliphatic rings. The number of pyridine rings is 1. The van der Waals surface area contributed by atoms with Crippen LogP contribution in [0.3, 0.4) is 0 Å². The first kappa shape index (κ1) is 9.89. The normalized spacial score (nSPS) is 16.9. The lowest BCUT2D eigenvalue weighted by atomic mass is 10.5. The highest BCUT2D eigenvalue weighted by Gasteiger charge is 2.29. The Morgan fingerprint density at radius 2 is 2.21 bits per heavy atom. The first-order valence-electron chi connectivity index (χ1n) is 4.22. The highest BCUT2D eigenvalue weighted by molar-refractivity contribution is 7.89. The summed E-state index contributed by atoms with van der Waals surface area (Å²) in [5.41, 5.74) is 0. The van der Waals surface area contributed by atoms with Crippen LogP contribution in [0.2, 0.25) is 5.15 Å². The predicted molar refractivity (Wildman–Crippen MR) is 52.6 cm³/mol. The standard InChI is InChI=1S/C8H9ClN2O2S/c9-8-7(2-1-5-10-8)14(12,13)11-6-3-4-6/h1-2,5-6,11H,3-4H2. The van der Waals surface area contributed by atoms with Crippen molar-refractivity contribution in [3.63, 3.8) is 0 Å².